The van der Waals surface area contributed by atoms with Gasteiger partial charge in [-0.15, -0.1) is 0 Å². The third-order valence-electron chi connectivity index (χ3n) is 3.82. The number of rotatable bonds is 8. The van der Waals surface area contributed by atoms with Crippen LogP contribution >= 0.6 is 23.5 Å². The van der Waals surface area contributed by atoms with Gasteiger partial charge in [-0.05, 0) is 0 Å². The number of hydrogen-bond acceptors (Lipinski definition) is 13. The Morgan fingerprint density at radius 2 is 1.64 bits per heavy atom. The van der Waals surface area contributed by atoms with Crippen molar-refractivity contribution in [2.75, 3.05) is 12.3 Å². The molecule has 0 bridgehead atoms. The van der Waals surface area contributed by atoms with Gasteiger partial charge in [0.15, 0.2) is 17.7 Å². The van der Waals surface area contributed by atoms with Gasteiger partial charge in [-0.2, -0.15) is 8.62 Å². The van der Waals surface area contributed by atoms with Crippen molar-refractivity contribution in [2.24, 2.45) is 0 Å². The van der Waals surface area contributed by atoms with Crippen molar-refractivity contribution in [3.05, 3.63) is 12.7 Å². The van der Waals surface area contributed by atoms with Crippen molar-refractivity contribution in [3.8, 4) is 0 Å². The van der Waals surface area contributed by atoms with Crippen LogP contribution in [-0.2, 0) is 31.6 Å². The van der Waals surface area contributed by atoms with Crippen molar-refractivity contribution >= 4 is 99.6 Å². The monoisotopic (exact) mass is 555 g/mol. The first kappa shape index (κ1) is 31.7. The minimum absolute atomic E-state index is 0. The molecule has 178 valence electrons. The standard InChI is InChI=1S/C10H16N5O13P3.2Na.2H/c11-8-5-9(13-2-12-8)15(3-14-5)10-7(17)6(16)4(26-10)1-25-30(21,22)28-31(23,24)27-29(18,19)20;;;;/h2-4,6-7,10,16-17H,1H2,(H,21,22)(H,23,24)(H2,11,12,13)(H2,18,19,20);;;;/t4-,6-,7-,10-;;;;/m1..../s1. The zero-order valence-electron chi connectivity index (χ0n) is 14.9. The Bertz CT molecular complexity index is 1120. The summed E-state index contributed by atoms with van der Waals surface area (Å²) in [6.45, 7) is -0.956. The van der Waals surface area contributed by atoms with Crippen LogP contribution in [0.3, 0.4) is 0 Å². The summed E-state index contributed by atoms with van der Waals surface area (Å²) in [4.78, 5) is 47.2. The summed E-state index contributed by atoms with van der Waals surface area (Å²) >= 11 is 0. The van der Waals surface area contributed by atoms with Gasteiger partial charge in [0.2, 0.25) is 0 Å². The quantitative estimate of drug-likeness (QED) is 0.127. The molecule has 3 rings (SSSR count). The summed E-state index contributed by atoms with van der Waals surface area (Å²) in [5.74, 6) is 0.0426. The van der Waals surface area contributed by atoms with Gasteiger partial charge in [0, 0.05) is 0 Å². The molecule has 0 aromatic carbocycles. The van der Waals surface area contributed by atoms with Gasteiger partial charge in [0.1, 0.15) is 30.2 Å². The molecule has 2 unspecified atom stereocenters. The molecule has 18 nitrogen and oxygen atoms in total. The van der Waals surface area contributed by atoms with Gasteiger partial charge in [-0.1, -0.05) is 0 Å². The minimum atomic E-state index is -5.70. The molecule has 0 amide bonds. The van der Waals surface area contributed by atoms with Crippen LogP contribution in [0.2, 0.25) is 0 Å². The van der Waals surface area contributed by atoms with E-state index >= 15 is 0 Å². The second-order valence-corrected chi connectivity index (χ2v) is 10.4. The number of nitrogens with zero attached hydrogens (tertiary/aromatic N) is 4. The van der Waals surface area contributed by atoms with E-state index < -0.39 is 54.6 Å². The van der Waals surface area contributed by atoms with Gasteiger partial charge in [-0.25, -0.2) is 28.6 Å². The number of phosphoric ester groups is 1. The number of aliphatic hydroxyl groups excluding tert-OH is 2. The molecule has 2 aromatic rings. The molecule has 23 heteroatoms. The van der Waals surface area contributed by atoms with E-state index in [1.807, 2.05) is 0 Å². The molecule has 1 aliphatic rings. The van der Waals surface area contributed by atoms with E-state index in [0.717, 1.165) is 6.33 Å². The molecule has 1 saturated heterocycles. The van der Waals surface area contributed by atoms with E-state index in [1.165, 1.54) is 10.9 Å². The summed E-state index contributed by atoms with van der Waals surface area (Å²) in [5.41, 5.74) is 6.00. The molecular weight excluding hydrogens is 537 g/mol. The van der Waals surface area contributed by atoms with Crippen LogP contribution in [0.4, 0.5) is 5.82 Å². The van der Waals surface area contributed by atoms with Gasteiger partial charge in [0.25, 0.3) is 0 Å². The maximum atomic E-state index is 11.8. The predicted octanol–water partition coefficient (Wildman–Crippen LogP) is -2.93. The molecule has 0 saturated carbocycles. The average molecular weight is 555 g/mol. The Labute approximate surface area is 228 Å². The molecule has 6 atom stereocenters. The summed E-state index contributed by atoms with van der Waals surface area (Å²) in [7, 11) is -16.7. The summed E-state index contributed by atoms with van der Waals surface area (Å²) < 4.78 is 51.9. The molecule has 8 N–H and O–H groups in total. The van der Waals surface area contributed by atoms with Crippen LogP contribution in [0.25, 0.3) is 11.2 Å². The number of nitrogens with two attached hydrogens (primary N) is 1. The zero-order valence-corrected chi connectivity index (χ0v) is 17.6. The number of hydrogen-bond donors (Lipinski definition) is 7. The third-order valence-corrected chi connectivity index (χ3v) is 7.62. The van der Waals surface area contributed by atoms with E-state index in [1.54, 1.807) is 0 Å². The van der Waals surface area contributed by atoms with Crippen molar-refractivity contribution in [2.45, 2.75) is 24.5 Å². The maximum absolute atomic E-state index is 11.8. The topological polar surface area (TPSA) is 279 Å². The summed E-state index contributed by atoms with van der Waals surface area (Å²) in [6.07, 6.45) is -3.69. The second-order valence-electron chi connectivity index (χ2n) is 6.02. The summed E-state index contributed by atoms with van der Waals surface area (Å²) in [6, 6.07) is 0. The first-order valence-corrected chi connectivity index (χ1v) is 12.4. The van der Waals surface area contributed by atoms with E-state index in [4.69, 9.17) is 25.2 Å². The van der Waals surface area contributed by atoms with Crippen LogP contribution in [0, 0.1) is 0 Å². The third kappa shape index (κ3) is 8.06. The number of aromatic nitrogens is 4. The van der Waals surface area contributed by atoms with E-state index in [9.17, 15) is 28.8 Å². The average Bonchev–Trinajstić information content (AvgIpc) is 3.13. The van der Waals surface area contributed by atoms with Crippen molar-refractivity contribution in [1.82, 2.24) is 19.5 Å². The van der Waals surface area contributed by atoms with Gasteiger partial charge >= 0.3 is 82.6 Å². The number of nitrogen functional groups attached to an aromatic ring is 1. The fraction of sp³-hybridized carbons (Fsp3) is 0.500. The molecule has 3 heterocycles. The number of phosphoric acid groups is 3. The number of anilines is 1. The number of ether oxygens (including phenoxy) is 1. The fourth-order valence-corrected chi connectivity index (χ4v) is 5.65. The van der Waals surface area contributed by atoms with Crippen molar-refractivity contribution in [3.63, 3.8) is 0 Å². The van der Waals surface area contributed by atoms with Crippen LogP contribution < -0.4 is 5.73 Å². The molecule has 0 radical (unpaired) electrons. The van der Waals surface area contributed by atoms with Gasteiger partial charge in [-0.3, -0.25) is 9.09 Å². The van der Waals surface area contributed by atoms with E-state index in [2.05, 4.69) is 28.1 Å². The van der Waals surface area contributed by atoms with Crippen LogP contribution in [0.15, 0.2) is 12.7 Å². The number of imidazole rings is 1. The Balaban J connectivity index is 0.00000272. The normalized spacial score (nSPS) is 26.7. The zero-order chi connectivity index (χ0) is 23.2. The molecule has 1 aliphatic heterocycles. The fourth-order valence-electron chi connectivity index (χ4n) is 2.62. The number of fused-ring (bicyclic) bond motifs is 1. The Kier molecular flexibility index (Phi) is 11.3. The van der Waals surface area contributed by atoms with E-state index in [0.29, 0.717) is 0 Å². The SMILES string of the molecule is Nc1ncnc2c1ncn2[C@@H]1O[C@H](COP(=O)(O)OP(=O)(O)OP(=O)(O)O)[C@@H](O)[C@H]1O.[NaH].[NaH]. The molecule has 33 heavy (non-hydrogen) atoms. The van der Waals surface area contributed by atoms with Crippen LogP contribution in [-0.4, -0.2) is 133 Å². The van der Waals surface area contributed by atoms with Crippen molar-refractivity contribution < 1.29 is 61.4 Å². The van der Waals surface area contributed by atoms with E-state index in [-0.39, 0.29) is 76.1 Å². The predicted molar refractivity (Wildman–Crippen MR) is 110 cm³/mol. The van der Waals surface area contributed by atoms with Crippen LogP contribution in [0.5, 0.6) is 0 Å². The second kappa shape index (κ2) is 11.8. The van der Waals surface area contributed by atoms with Gasteiger partial charge in [0.05, 0.1) is 12.9 Å². The Morgan fingerprint density at radius 3 is 2.24 bits per heavy atom. The Hall–Kier alpha value is 0.640. The molecule has 1 fully saturated rings. The Morgan fingerprint density at radius 1 is 1.00 bits per heavy atom. The first-order valence-electron chi connectivity index (χ1n) is 7.92. The molecule has 2 aromatic heterocycles. The molecule has 0 aliphatic carbocycles. The number of aliphatic hydroxyl groups is 2. The van der Waals surface area contributed by atoms with Crippen LogP contribution in [0.1, 0.15) is 6.23 Å². The first-order chi connectivity index (χ1) is 14.2. The molecular formula is C10H18N5Na2O13P3. The summed E-state index contributed by atoms with van der Waals surface area (Å²) in [5, 5.41) is 20.4. The molecule has 0 spiro atoms. The van der Waals surface area contributed by atoms with Gasteiger partial charge < -0.3 is 40.3 Å². The van der Waals surface area contributed by atoms with Crippen molar-refractivity contribution in [1.29, 1.82) is 0 Å².